The number of nitrogens with one attached hydrogen (secondary N) is 1. The summed E-state index contributed by atoms with van der Waals surface area (Å²) in [6.07, 6.45) is 1.59. The zero-order valence-electron chi connectivity index (χ0n) is 10.2. The van der Waals surface area contributed by atoms with Crippen LogP contribution in [0.5, 0.6) is 0 Å². The van der Waals surface area contributed by atoms with Crippen molar-refractivity contribution in [3.8, 4) is 0 Å². The number of fused-ring (bicyclic) bond motifs is 1. The molecule has 7 nitrogen and oxygen atoms in total. The maximum atomic E-state index is 12.0. The summed E-state index contributed by atoms with van der Waals surface area (Å²) in [6, 6.07) is 4.95. The van der Waals surface area contributed by atoms with Gasteiger partial charge in [-0.25, -0.2) is 9.67 Å². The highest BCUT2D eigenvalue weighted by atomic mass is 35.5. The Balaban J connectivity index is 2.00. The van der Waals surface area contributed by atoms with Crippen LogP contribution in [0.25, 0.3) is 10.9 Å². The maximum Gasteiger partial charge on any atom is 0.258 e. The molecule has 0 aliphatic carbocycles. The molecule has 0 atom stereocenters. The first kappa shape index (κ1) is 12.8. The molecule has 0 aliphatic rings. The quantitative estimate of drug-likeness (QED) is 0.741. The number of aliphatic hydroxyl groups is 1. The average Bonchev–Trinajstić information content (AvgIpc) is 2.87. The highest BCUT2D eigenvalue weighted by Crippen LogP contribution is 2.14. The van der Waals surface area contributed by atoms with Gasteiger partial charge in [0, 0.05) is 5.02 Å². The number of rotatable bonds is 3. The van der Waals surface area contributed by atoms with Crippen LogP contribution < -0.4 is 5.56 Å². The number of H-pyrrole nitrogens is 1. The van der Waals surface area contributed by atoms with Crippen molar-refractivity contribution in [1.29, 1.82) is 0 Å². The van der Waals surface area contributed by atoms with Crippen LogP contribution in [-0.2, 0) is 13.2 Å². The lowest BCUT2D eigenvalue weighted by Crippen LogP contribution is -2.14. The molecule has 0 saturated heterocycles. The lowest BCUT2D eigenvalue weighted by atomic mass is 10.2. The Morgan fingerprint density at radius 3 is 3.00 bits per heavy atom. The average molecular weight is 292 g/mol. The van der Waals surface area contributed by atoms with Gasteiger partial charge in [-0.1, -0.05) is 16.8 Å². The molecule has 20 heavy (non-hydrogen) atoms. The van der Waals surface area contributed by atoms with Crippen molar-refractivity contribution in [3.05, 3.63) is 51.3 Å². The Hall–Kier alpha value is -2.25. The van der Waals surface area contributed by atoms with Crippen molar-refractivity contribution in [2.45, 2.75) is 13.2 Å². The molecule has 0 radical (unpaired) electrons. The van der Waals surface area contributed by atoms with E-state index >= 15 is 0 Å². The Morgan fingerprint density at radius 1 is 1.40 bits per heavy atom. The van der Waals surface area contributed by atoms with E-state index in [1.807, 2.05) is 0 Å². The largest absolute Gasteiger partial charge is 0.390 e. The molecule has 0 saturated carbocycles. The van der Waals surface area contributed by atoms with E-state index in [0.29, 0.717) is 27.4 Å². The second kappa shape index (κ2) is 5.03. The fraction of sp³-hybridized carbons (Fsp3) is 0.167. The molecule has 0 unspecified atom stereocenters. The van der Waals surface area contributed by atoms with E-state index in [1.54, 1.807) is 24.4 Å². The number of hydrogen-bond acceptors (Lipinski definition) is 5. The van der Waals surface area contributed by atoms with Gasteiger partial charge in [-0.15, -0.1) is 5.10 Å². The first-order valence-corrected chi connectivity index (χ1v) is 6.22. The Kier molecular flexibility index (Phi) is 3.21. The van der Waals surface area contributed by atoms with Crippen LogP contribution in [0.1, 0.15) is 11.5 Å². The molecule has 0 aliphatic heterocycles. The number of aromatic nitrogens is 5. The van der Waals surface area contributed by atoms with Gasteiger partial charge in [0.1, 0.15) is 18.1 Å². The fourth-order valence-electron chi connectivity index (χ4n) is 1.88. The topological polar surface area (TPSA) is 96.7 Å². The highest BCUT2D eigenvalue weighted by Gasteiger charge is 2.06. The molecule has 2 aromatic heterocycles. The normalized spacial score (nSPS) is 11.1. The van der Waals surface area contributed by atoms with Gasteiger partial charge in [-0.05, 0) is 18.2 Å². The van der Waals surface area contributed by atoms with Crippen molar-refractivity contribution < 1.29 is 5.11 Å². The summed E-state index contributed by atoms with van der Waals surface area (Å²) < 4.78 is 1.49. The molecule has 1 aromatic carbocycles. The second-order valence-electron chi connectivity index (χ2n) is 4.24. The molecule has 102 valence electrons. The summed E-state index contributed by atoms with van der Waals surface area (Å²) in [7, 11) is 0. The number of aliphatic hydroxyl groups excluding tert-OH is 1. The van der Waals surface area contributed by atoms with E-state index in [-0.39, 0.29) is 18.7 Å². The predicted molar refractivity (Wildman–Crippen MR) is 72.4 cm³/mol. The minimum absolute atomic E-state index is 0.180. The lowest BCUT2D eigenvalue weighted by Gasteiger charge is -2.03. The summed E-state index contributed by atoms with van der Waals surface area (Å²) in [4.78, 5) is 19.0. The third-order valence-electron chi connectivity index (χ3n) is 2.78. The Morgan fingerprint density at radius 2 is 2.25 bits per heavy atom. The van der Waals surface area contributed by atoms with Crippen LogP contribution in [0.4, 0.5) is 0 Å². The van der Waals surface area contributed by atoms with Gasteiger partial charge in [0.25, 0.3) is 5.56 Å². The number of hydrogen-bond donors (Lipinski definition) is 2. The smallest absolute Gasteiger partial charge is 0.258 e. The van der Waals surface area contributed by atoms with Gasteiger partial charge in [0.15, 0.2) is 0 Å². The molecule has 2 heterocycles. The molecule has 0 amide bonds. The van der Waals surface area contributed by atoms with E-state index in [9.17, 15) is 4.79 Å². The van der Waals surface area contributed by atoms with Gasteiger partial charge < -0.3 is 10.1 Å². The zero-order valence-corrected chi connectivity index (χ0v) is 11.0. The van der Waals surface area contributed by atoms with Gasteiger partial charge in [0.05, 0.1) is 23.7 Å². The van der Waals surface area contributed by atoms with Crippen LogP contribution in [-0.4, -0.2) is 30.1 Å². The van der Waals surface area contributed by atoms with Crippen molar-refractivity contribution in [2.75, 3.05) is 0 Å². The summed E-state index contributed by atoms with van der Waals surface area (Å²) in [5.41, 5.74) is 0.769. The zero-order chi connectivity index (χ0) is 14.1. The van der Waals surface area contributed by atoms with Crippen LogP contribution in [0.2, 0.25) is 5.02 Å². The fourth-order valence-corrected chi connectivity index (χ4v) is 2.05. The van der Waals surface area contributed by atoms with Gasteiger partial charge in [0.2, 0.25) is 0 Å². The van der Waals surface area contributed by atoms with Gasteiger partial charge in [-0.2, -0.15) is 0 Å². The SMILES string of the molecule is O=c1[nH]c(Cn2cc(CO)nn2)nc2ccc(Cl)cc12. The number of halogens is 1. The van der Waals surface area contributed by atoms with Crippen molar-refractivity contribution in [2.24, 2.45) is 0 Å². The number of benzene rings is 1. The molecular weight excluding hydrogens is 282 g/mol. The third-order valence-corrected chi connectivity index (χ3v) is 3.01. The monoisotopic (exact) mass is 291 g/mol. The third kappa shape index (κ3) is 2.40. The van der Waals surface area contributed by atoms with E-state index in [1.165, 1.54) is 4.68 Å². The van der Waals surface area contributed by atoms with Crippen LogP contribution in [0.15, 0.2) is 29.2 Å². The molecule has 0 spiro atoms. The van der Waals surface area contributed by atoms with Crippen LogP contribution in [0, 0.1) is 0 Å². The van der Waals surface area contributed by atoms with E-state index in [4.69, 9.17) is 16.7 Å². The van der Waals surface area contributed by atoms with E-state index in [0.717, 1.165) is 0 Å². The van der Waals surface area contributed by atoms with E-state index in [2.05, 4.69) is 20.3 Å². The van der Waals surface area contributed by atoms with Crippen molar-refractivity contribution in [1.82, 2.24) is 25.0 Å². The second-order valence-corrected chi connectivity index (χ2v) is 4.68. The first-order chi connectivity index (χ1) is 9.65. The Labute approximate surface area is 117 Å². The summed E-state index contributed by atoms with van der Waals surface area (Å²) in [5, 5.41) is 17.4. The maximum absolute atomic E-state index is 12.0. The van der Waals surface area contributed by atoms with Gasteiger partial charge >= 0.3 is 0 Å². The van der Waals surface area contributed by atoms with Crippen LogP contribution >= 0.6 is 11.6 Å². The summed E-state index contributed by atoms with van der Waals surface area (Å²) in [5.74, 6) is 0.458. The van der Waals surface area contributed by atoms with Crippen LogP contribution in [0.3, 0.4) is 0 Å². The minimum Gasteiger partial charge on any atom is -0.390 e. The van der Waals surface area contributed by atoms with Gasteiger partial charge in [-0.3, -0.25) is 4.79 Å². The first-order valence-electron chi connectivity index (χ1n) is 5.84. The Bertz CT molecular complexity index is 826. The standard InChI is InChI=1S/C12H10ClN5O2/c13-7-1-2-10-9(3-7)12(20)15-11(14-10)5-18-4-8(6-19)16-17-18/h1-4,19H,5-6H2,(H,14,15,20). The molecule has 0 fully saturated rings. The molecule has 3 aromatic rings. The lowest BCUT2D eigenvalue weighted by molar-refractivity contribution is 0.276. The highest BCUT2D eigenvalue weighted by molar-refractivity contribution is 6.31. The summed E-state index contributed by atoms with van der Waals surface area (Å²) in [6.45, 7) is 0.0843. The number of nitrogens with zero attached hydrogens (tertiary/aromatic N) is 4. The number of aromatic amines is 1. The molecular formula is C12H10ClN5O2. The molecule has 0 bridgehead atoms. The molecule has 2 N–H and O–H groups in total. The summed E-state index contributed by atoms with van der Waals surface area (Å²) >= 11 is 5.85. The van der Waals surface area contributed by atoms with Crippen molar-refractivity contribution in [3.63, 3.8) is 0 Å². The van der Waals surface area contributed by atoms with E-state index < -0.39 is 0 Å². The molecule has 8 heteroatoms. The predicted octanol–water partition coefficient (Wildman–Crippen LogP) is 0.709. The van der Waals surface area contributed by atoms with Crippen molar-refractivity contribution >= 4 is 22.5 Å². The minimum atomic E-state index is -0.255. The molecule has 3 rings (SSSR count).